The number of nitrogens with one attached hydrogen (secondary N) is 1. The van der Waals surface area contributed by atoms with E-state index in [2.05, 4.69) is 31.3 Å². The predicted molar refractivity (Wildman–Crippen MR) is 347 cm³/mol. The third-order valence-corrected chi connectivity index (χ3v) is 17.0. The normalized spacial score (nSPS) is 12.6. The molecule has 2 atom stereocenters. The minimum Gasteiger partial charge on any atom is -0.466 e. The Labute approximate surface area is 494 Å². The van der Waals surface area contributed by atoms with Crippen molar-refractivity contribution in [1.82, 2.24) is 5.32 Å². The van der Waals surface area contributed by atoms with Gasteiger partial charge < -0.3 is 20.3 Å². The number of unbranched alkanes of at least 4 members (excludes halogenated alkanes) is 55. The number of aliphatic hydroxyl groups excluding tert-OH is 2. The van der Waals surface area contributed by atoms with E-state index in [1.165, 1.54) is 340 Å². The van der Waals surface area contributed by atoms with Crippen LogP contribution in [-0.4, -0.2) is 47.4 Å². The number of carbonyl (C=O) groups is 2. The minimum atomic E-state index is -0.840. The van der Waals surface area contributed by atoms with Crippen LogP contribution in [-0.2, 0) is 14.3 Å². The lowest BCUT2D eigenvalue weighted by molar-refractivity contribution is -0.143. The maximum atomic E-state index is 12.4. The van der Waals surface area contributed by atoms with E-state index in [-0.39, 0.29) is 18.5 Å². The highest BCUT2D eigenvalue weighted by Gasteiger charge is 2.18. The van der Waals surface area contributed by atoms with Gasteiger partial charge in [-0.2, -0.15) is 0 Å². The molecule has 0 fully saturated rings. The molecule has 0 saturated heterocycles. The molecule has 0 aliphatic carbocycles. The van der Waals surface area contributed by atoms with E-state index < -0.39 is 12.1 Å². The van der Waals surface area contributed by atoms with Crippen molar-refractivity contribution in [2.45, 2.75) is 418 Å². The Balaban J connectivity index is 3.31. The lowest BCUT2D eigenvalue weighted by Crippen LogP contribution is -2.45. The van der Waals surface area contributed by atoms with Gasteiger partial charge in [-0.1, -0.05) is 359 Å². The zero-order valence-corrected chi connectivity index (χ0v) is 53.6. The topological polar surface area (TPSA) is 95.9 Å². The second kappa shape index (κ2) is 68.8. The van der Waals surface area contributed by atoms with Gasteiger partial charge in [-0.05, 0) is 57.8 Å². The molecule has 0 saturated carbocycles. The quantitative estimate of drug-likeness (QED) is 0.0320. The zero-order valence-electron chi connectivity index (χ0n) is 53.6. The van der Waals surface area contributed by atoms with Gasteiger partial charge >= 0.3 is 5.97 Å². The third kappa shape index (κ3) is 65.4. The van der Waals surface area contributed by atoms with Gasteiger partial charge in [-0.3, -0.25) is 9.59 Å². The molecule has 0 aromatic rings. The van der Waals surface area contributed by atoms with Crippen molar-refractivity contribution < 1.29 is 24.5 Å². The first-order chi connectivity index (χ1) is 39.0. The molecular weight excluding hydrogens is 971 g/mol. The monoisotopic (exact) mass is 1110 g/mol. The van der Waals surface area contributed by atoms with E-state index in [4.69, 9.17) is 4.74 Å². The first-order valence-corrected chi connectivity index (χ1v) is 36.1. The van der Waals surface area contributed by atoms with Crippen LogP contribution in [0.1, 0.15) is 406 Å². The highest BCUT2D eigenvalue weighted by Crippen LogP contribution is 2.19. The van der Waals surface area contributed by atoms with E-state index in [1.54, 1.807) is 6.08 Å². The highest BCUT2D eigenvalue weighted by atomic mass is 16.5. The molecular formula is C73H141NO5. The van der Waals surface area contributed by atoms with Crippen molar-refractivity contribution >= 4 is 11.9 Å². The molecule has 468 valence electrons. The molecule has 0 aromatic heterocycles. The summed E-state index contributed by atoms with van der Waals surface area (Å²) in [6.45, 7) is 4.92. The fraction of sp³-hybridized carbons (Fsp3) is 0.918. The van der Waals surface area contributed by atoms with Crippen LogP contribution in [0.5, 0.6) is 0 Å². The number of hydrogen-bond donors (Lipinski definition) is 3. The second-order valence-electron chi connectivity index (χ2n) is 24.9. The average molecular weight is 1110 g/mol. The molecule has 0 bridgehead atoms. The number of hydrogen-bond acceptors (Lipinski definition) is 5. The zero-order chi connectivity index (χ0) is 57.1. The fourth-order valence-corrected chi connectivity index (χ4v) is 11.5. The van der Waals surface area contributed by atoms with Gasteiger partial charge in [-0.25, -0.2) is 0 Å². The maximum Gasteiger partial charge on any atom is 0.305 e. The number of esters is 1. The SMILES string of the molecule is CCCCCCCCCC/C=C/C(O)C(CO)NC(=O)CCCCCCCCCCCCCCCCCCC/C=C\CCCCCCCCCCCCCCOC(=O)CCCCCCCCCCCCCCCCCCCCC. The van der Waals surface area contributed by atoms with E-state index in [0.717, 1.165) is 38.5 Å². The highest BCUT2D eigenvalue weighted by molar-refractivity contribution is 5.76. The minimum absolute atomic E-state index is 0.0239. The van der Waals surface area contributed by atoms with Gasteiger partial charge in [0.2, 0.25) is 5.91 Å². The van der Waals surface area contributed by atoms with Crippen molar-refractivity contribution in [2.75, 3.05) is 13.2 Å². The largest absolute Gasteiger partial charge is 0.466 e. The molecule has 0 rings (SSSR count). The molecule has 79 heavy (non-hydrogen) atoms. The predicted octanol–water partition coefficient (Wildman–Crippen LogP) is 23.3. The van der Waals surface area contributed by atoms with Gasteiger partial charge in [0.05, 0.1) is 25.4 Å². The summed E-state index contributed by atoms with van der Waals surface area (Å²) in [5, 5.41) is 23.0. The first-order valence-electron chi connectivity index (χ1n) is 36.1. The Bertz CT molecular complexity index is 1230. The molecule has 0 spiro atoms. The van der Waals surface area contributed by atoms with Crippen molar-refractivity contribution in [1.29, 1.82) is 0 Å². The standard InChI is InChI=1S/C73H141NO5/c1-3-5-7-9-11-13-15-16-17-18-34-38-41-44-47-51-55-59-63-67-73(78)79-68-64-60-56-52-48-45-42-39-36-33-31-29-27-25-23-21-19-20-22-24-26-28-30-32-35-37-40-43-46-50-54-58-62-66-72(77)74-70(69-75)71(76)65-61-57-53-49-14-12-10-8-6-4-2/h23,25,61,65,70-71,75-76H,3-22,24,26-60,62-64,66-69H2,1-2H3,(H,74,77)/b25-23-,65-61+. The number of amides is 1. The van der Waals surface area contributed by atoms with Gasteiger partial charge in [0, 0.05) is 12.8 Å². The molecule has 2 unspecified atom stereocenters. The molecule has 3 N–H and O–H groups in total. The number of carbonyl (C=O) groups excluding carboxylic acids is 2. The summed E-state index contributed by atoms with van der Waals surface area (Å²) in [7, 11) is 0. The number of allylic oxidation sites excluding steroid dienone is 3. The fourth-order valence-electron chi connectivity index (χ4n) is 11.5. The Hall–Kier alpha value is -1.66. The van der Waals surface area contributed by atoms with Crippen LogP contribution >= 0.6 is 0 Å². The van der Waals surface area contributed by atoms with Crippen LogP contribution in [0.3, 0.4) is 0 Å². The Morgan fingerprint density at radius 2 is 0.595 bits per heavy atom. The van der Waals surface area contributed by atoms with Gasteiger partial charge in [-0.15, -0.1) is 0 Å². The molecule has 1 amide bonds. The van der Waals surface area contributed by atoms with E-state index in [9.17, 15) is 19.8 Å². The van der Waals surface area contributed by atoms with Gasteiger partial charge in [0.1, 0.15) is 0 Å². The van der Waals surface area contributed by atoms with Crippen molar-refractivity contribution in [2.24, 2.45) is 0 Å². The molecule has 0 aliphatic heterocycles. The summed E-state index contributed by atoms with van der Waals surface area (Å²) in [5.41, 5.74) is 0. The number of aliphatic hydroxyl groups is 2. The van der Waals surface area contributed by atoms with Crippen LogP contribution < -0.4 is 5.32 Å². The number of ether oxygens (including phenoxy) is 1. The molecule has 6 heteroatoms. The summed E-state index contributed by atoms with van der Waals surface area (Å²) in [6.07, 6.45) is 87.2. The molecule has 0 heterocycles. The Morgan fingerprint density at radius 3 is 0.899 bits per heavy atom. The van der Waals surface area contributed by atoms with Crippen molar-refractivity contribution in [3.8, 4) is 0 Å². The Morgan fingerprint density at radius 1 is 0.342 bits per heavy atom. The molecule has 6 nitrogen and oxygen atoms in total. The smallest absolute Gasteiger partial charge is 0.305 e. The van der Waals surface area contributed by atoms with E-state index in [0.29, 0.717) is 19.4 Å². The van der Waals surface area contributed by atoms with Crippen molar-refractivity contribution in [3.63, 3.8) is 0 Å². The molecule has 0 aromatic carbocycles. The summed E-state index contributed by atoms with van der Waals surface area (Å²) >= 11 is 0. The van der Waals surface area contributed by atoms with Gasteiger partial charge in [0.25, 0.3) is 0 Å². The summed E-state index contributed by atoms with van der Waals surface area (Å²) in [4.78, 5) is 24.5. The van der Waals surface area contributed by atoms with Crippen LogP contribution in [0.2, 0.25) is 0 Å². The molecule has 0 radical (unpaired) electrons. The lowest BCUT2D eigenvalue weighted by Gasteiger charge is -2.20. The van der Waals surface area contributed by atoms with E-state index in [1.807, 2.05) is 6.08 Å². The van der Waals surface area contributed by atoms with Gasteiger partial charge in [0.15, 0.2) is 0 Å². The summed E-state index contributed by atoms with van der Waals surface area (Å²) < 4.78 is 5.52. The summed E-state index contributed by atoms with van der Waals surface area (Å²) in [5.74, 6) is -0.0413. The Kier molecular flexibility index (Phi) is 67.4. The third-order valence-electron chi connectivity index (χ3n) is 17.0. The number of rotatable bonds is 68. The second-order valence-corrected chi connectivity index (χ2v) is 24.9. The first kappa shape index (κ1) is 77.3. The maximum absolute atomic E-state index is 12.4. The lowest BCUT2D eigenvalue weighted by atomic mass is 10.0. The van der Waals surface area contributed by atoms with Crippen LogP contribution in [0.25, 0.3) is 0 Å². The van der Waals surface area contributed by atoms with Crippen molar-refractivity contribution in [3.05, 3.63) is 24.3 Å². The molecule has 0 aliphatic rings. The van der Waals surface area contributed by atoms with Crippen LogP contribution in [0.4, 0.5) is 0 Å². The van der Waals surface area contributed by atoms with Crippen LogP contribution in [0, 0.1) is 0 Å². The summed E-state index contributed by atoms with van der Waals surface area (Å²) in [6, 6.07) is -0.623. The van der Waals surface area contributed by atoms with E-state index >= 15 is 0 Å². The average Bonchev–Trinajstić information content (AvgIpc) is 3.45. The van der Waals surface area contributed by atoms with Crippen LogP contribution in [0.15, 0.2) is 24.3 Å².